The van der Waals surface area contributed by atoms with Gasteiger partial charge in [-0.15, -0.1) is 0 Å². The van der Waals surface area contributed by atoms with E-state index in [9.17, 15) is 0 Å². The maximum absolute atomic E-state index is 2.83. The normalized spacial score (nSPS) is 31.5. The molecule has 2 bridgehead atoms. The summed E-state index contributed by atoms with van der Waals surface area (Å²) in [5.41, 5.74) is 10.4. The third-order valence-electron chi connectivity index (χ3n) is 8.51. The minimum atomic E-state index is 0.0939. The molecule has 0 radical (unpaired) electrons. The highest BCUT2D eigenvalue weighted by molar-refractivity contribution is 5.89. The fourth-order valence-electron chi connectivity index (χ4n) is 8.32. The fourth-order valence-corrected chi connectivity index (χ4v) is 8.32. The van der Waals surface area contributed by atoms with Crippen molar-refractivity contribution in [2.24, 2.45) is 16.2 Å². The van der Waals surface area contributed by atoms with Crippen molar-refractivity contribution in [2.45, 2.75) is 78.8 Å². The van der Waals surface area contributed by atoms with Gasteiger partial charge in [0.15, 0.2) is 0 Å². The number of fused-ring (bicyclic) bond motifs is 3. The van der Waals surface area contributed by atoms with E-state index < -0.39 is 0 Å². The number of hydrogen-bond donors (Lipinski definition) is 0. The number of anilines is 1. The maximum Gasteiger partial charge on any atom is 0.0676 e. The summed E-state index contributed by atoms with van der Waals surface area (Å²) in [7, 11) is 0. The van der Waals surface area contributed by atoms with Crippen molar-refractivity contribution >= 4 is 11.3 Å². The van der Waals surface area contributed by atoms with Crippen LogP contribution in [0.4, 0.5) is 5.69 Å². The van der Waals surface area contributed by atoms with E-state index >= 15 is 0 Å². The molecule has 2 aromatic carbocycles. The lowest BCUT2D eigenvalue weighted by Crippen LogP contribution is -2.62. The van der Waals surface area contributed by atoms with E-state index in [1.165, 1.54) is 48.9 Å². The van der Waals surface area contributed by atoms with Gasteiger partial charge in [0.05, 0.1) is 5.54 Å². The molecule has 2 unspecified atom stereocenters. The molecule has 2 aromatic rings. The largest absolute Gasteiger partial charge is 0.357 e. The lowest BCUT2D eigenvalue weighted by atomic mass is 9.48. The van der Waals surface area contributed by atoms with Gasteiger partial charge in [-0.2, -0.15) is 0 Å². The van der Waals surface area contributed by atoms with Crippen LogP contribution in [0.15, 0.2) is 71.8 Å². The molecule has 0 amide bonds. The molecule has 1 heterocycles. The zero-order chi connectivity index (χ0) is 22.4. The van der Waals surface area contributed by atoms with Crippen molar-refractivity contribution in [1.29, 1.82) is 0 Å². The highest BCUT2D eigenvalue weighted by Gasteiger charge is 2.60. The van der Waals surface area contributed by atoms with Crippen LogP contribution in [0, 0.1) is 16.2 Å². The lowest BCUT2D eigenvalue weighted by Gasteiger charge is -2.64. The van der Waals surface area contributed by atoms with E-state index in [1.54, 1.807) is 16.7 Å². The van der Waals surface area contributed by atoms with Crippen LogP contribution < -0.4 is 4.90 Å². The summed E-state index contributed by atoms with van der Waals surface area (Å²) in [5.74, 6) is 0. The van der Waals surface area contributed by atoms with Crippen LogP contribution in [0.1, 0.15) is 77.8 Å². The van der Waals surface area contributed by atoms with E-state index in [2.05, 4.69) is 100 Å². The van der Waals surface area contributed by atoms with Crippen molar-refractivity contribution in [3.8, 4) is 0 Å². The van der Waals surface area contributed by atoms with Gasteiger partial charge in [-0.25, -0.2) is 0 Å². The first-order valence-corrected chi connectivity index (χ1v) is 12.5. The molecule has 1 heteroatoms. The highest BCUT2D eigenvalue weighted by Crippen LogP contribution is 2.67. The Morgan fingerprint density at radius 2 is 1.47 bits per heavy atom. The molecule has 1 aliphatic heterocycles. The monoisotopic (exact) mass is 423 g/mol. The number of rotatable bonds is 2. The first-order chi connectivity index (χ1) is 15.1. The van der Waals surface area contributed by atoms with E-state index in [4.69, 9.17) is 0 Å². The van der Waals surface area contributed by atoms with Gasteiger partial charge in [-0.05, 0) is 76.7 Å². The molecule has 2 atom stereocenters. The summed E-state index contributed by atoms with van der Waals surface area (Å²) in [6, 6.07) is 20.4. The quantitative estimate of drug-likeness (QED) is 0.471. The summed E-state index contributed by atoms with van der Waals surface area (Å²) in [6.07, 6.45) is 8.90. The number of benzene rings is 2. The van der Waals surface area contributed by atoms with Crippen molar-refractivity contribution in [3.05, 3.63) is 82.9 Å². The average molecular weight is 424 g/mol. The smallest absolute Gasteiger partial charge is 0.0676 e. The molecule has 4 aliphatic rings. The van der Waals surface area contributed by atoms with Crippen LogP contribution in [-0.4, -0.2) is 5.54 Å². The Morgan fingerprint density at radius 3 is 2.25 bits per heavy atom. The van der Waals surface area contributed by atoms with Gasteiger partial charge < -0.3 is 4.90 Å². The Kier molecular flexibility index (Phi) is 4.07. The van der Waals surface area contributed by atoms with E-state index in [0.29, 0.717) is 10.8 Å². The third kappa shape index (κ3) is 2.96. The summed E-state index contributed by atoms with van der Waals surface area (Å²) >= 11 is 0. The zero-order valence-electron chi connectivity index (χ0n) is 20.5. The Bertz CT molecular complexity index is 1150. The molecule has 0 N–H and O–H groups in total. The summed E-state index contributed by atoms with van der Waals surface area (Å²) < 4.78 is 0. The van der Waals surface area contributed by atoms with Crippen LogP contribution in [0.3, 0.4) is 0 Å². The van der Waals surface area contributed by atoms with Crippen molar-refractivity contribution < 1.29 is 0 Å². The van der Waals surface area contributed by atoms with Gasteiger partial charge >= 0.3 is 0 Å². The van der Waals surface area contributed by atoms with Crippen LogP contribution in [0.2, 0.25) is 0 Å². The average Bonchev–Trinajstić information content (AvgIpc) is 2.68. The second-order valence-electron chi connectivity index (χ2n) is 13.0. The van der Waals surface area contributed by atoms with Gasteiger partial charge in [0.1, 0.15) is 0 Å². The van der Waals surface area contributed by atoms with Crippen LogP contribution in [0.5, 0.6) is 0 Å². The molecule has 0 aromatic heterocycles. The van der Waals surface area contributed by atoms with Crippen molar-refractivity contribution in [1.82, 2.24) is 0 Å². The molecule has 1 nitrogen and oxygen atoms in total. The molecule has 1 fully saturated rings. The summed E-state index contributed by atoms with van der Waals surface area (Å²) in [6.45, 7) is 13.5. The van der Waals surface area contributed by atoms with Gasteiger partial charge in [-0.1, -0.05) is 89.2 Å². The van der Waals surface area contributed by atoms with Crippen molar-refractivity contribution in [3.63, 3.8) is 0 Å². The lowest BCUT2D eigenvalue weighted by molar-refractivity contribution is 0.0680. The molecular weight excluding hydrogens is 386 g/mol. The summed E-state index contributed by atoms with van der Waals surface area (Å²) in [5, 5.41) is 0. The van der Waals surface area contributed by atoms with Crippen molar-refractivity contribution in [2.75, 3.05) is 4.90 Å². The Labute approximate surface area is 194 Å². The number of para-hydroxylation sites is 1. The van der Waals surface area contributed by atoms with Crippen LogP contribution in [0.25, 0.3) is 5.57 Å². The molecule has 3 aliphatic carbocycles. The number of allylic oxidation sites excluding steroid dienone is 2. The van der Waals surface area contributed by atoms with Gasteiger partial charge in [0.2, 0.25) is 0 Å². The van der Waals surface area contributed by atoms with Gasteiger partial charge in [0.25, 0.3) is 0 Å². The van der Waals surface area contributed by atoms with E-state index in [1.807, 2.05) is 0 Å². The third-order valence-corrected chi connectivity index (χ3v) is 8.51. The zero-order valence-corrected chi connectivity index (χ0v) is 20.5. The van der Waals surface area contributed by atoms with E-state index in [-0.39, 0.29) is 11.0 Å². The molecule has 0 saturated heterocycles. The second kappa shape index (κ2) is 6.40. The molecular formula is C31H37N. The molecule has 1 spiro atoms. The van der Waals surface area contributed by atoms with Gasteiger partial charge in [-0.3, -0.25) is 0 Å². The number of nitrogens with zero attached hydrogens (tertiary/aromatic N) is 1. The molecule has 1 saturated carbocycles. The molecule has 6 rings (SSSR count). The maximum atomic E-state index is 2.83. The van der Waals surface area contributed by atoms with E-state index in [0.717, 1.165) is 6.54 Å². The first-order valence-electron chi connectivity index (χ1n) is 12.5. The topological polar surface area (TPSA) is 3.24 Å². The Morgan fingerprint density at radius 1 is 0.750 bits per heavy atom. The predicted octanol–water partition coefficient (Wildman–Crippen LogP) is 8.18. The minimum absolute atomic E-state index is 0.0939. The van der Waals surface area contributed by atoms with Crippen LogP contribution in [-0.2, 0) is 6.54 Å². The Hall–Kier alpha value is -2.28. The molecule has 32 heavy (non-hydrogen) atoms. The fraction of sp³-hybridized carbons (Fsp3) is 0.484. The molecule has 166 valence electrons. The number of hydrogen-bond acceptors (Lipinski definition) is 1. The SMILES string of the molecule is CC1(C)CC2=CC3(C)CC(C)(C)CC4(C3)C2=C(C1)c1ccccc1N4Cc1ccccc1. The standard InChI is InChI=1S/C31H37N/c1-28(2)15-23-16-30(5)19-29(3,4)20-31(21-30)27(23)25(17-28)24-13-9-10-14-26(24)32(31)18-22-11-7-6-8-12-22/h6-14,16H,15,17-21H2,1-5H3. The van der Waals surface area contributed by atoms with Gasteiger partial charge in [0, 0.05) is 17.8 Å². The Balaban J connectivity index is 1.65. The summed E-state index contributed by atoms with van der Waals surface area (Å²) in [4.78, 5) is 2.83. The second-order valence-corrected chi connectivity index (χ2v) is 13.0. The highest BCUT2D eigenvalue weighted by atomic mass is 15.2. The van der Waals surface area contributed by atoms with Crippen LogP contribution >= 0.6 is 0 Å². The predicted molar refractivity (Wildman–Crippen MR) is 136 cm³/mol. The minimum Gasteiger partial charge on any atom is -0.357 e. The first kappa shape index (κ1) is 20.3.